The van der Waals surface area contributed by atoms with E-state index in [1.807, 2.05) is 0 Å². The number of rotatable bonds is 2. The normalized spacial score (nSPS) is 21.9. The third-order valence-electron chi connectivity index (χ3n) is 2.10. The molecule has 2 nitrogen and oxygen atoms in total. The molecule has 1 rings (SSSR count). The van der Waals surface area contributed by atoms with Crippen LogP contribution in [0, 0.1) is 0 Å². The van der Waals surface area contributed by atoms with E-state index in [-0.39, 0.29) is 0 Å². The van der Waals surface area contributed by atoms with Crippen molar-refractivity contribution in [2.45, 2.75) is 38.1 Å². The summed E-state index contributed by atoms with van der Waals surface area (Å²) < 4.78 is 0. The average molecular weight is 143 g/mol. The van der Waals surface area contributed by atoms with Crippen LogP contribution in [0.15, 0.2) is 0 Å². The van der Waals surface area contributed by atoms with Gasteiger partial charge in [0.1, 0.15) is 0 Å². The standard InChI is InChI=1S/C8H18N2/c1-10(2)9-8-6-4-3-5-7-8/h8-9H,3-7H2,1-2H3/p+1. The molecule has 60 valence electrons. The van der Waals surface area contributed by atoms with Crippen LogP contribution in [0.1, 0.15) is 32.1 Å². The number of nitrogens with one attached hydrogen (secondary N) is 2. The second-order valence-electron chi connectivity index (χ2n) is 3.48. The molecule has 1 aliphatic rings. The first-order valence-corrected chi connectivity index (χ1v) is 4.36. The van der Waals surface area contributed by atoms with E-state index in [0.717, 1.165) is 6.04 Å². The Hall–Kier alpha value is -0.0800. The number of hydrogen-bond acceptors (Lipinski definition) is 1. The smallest absolute Gasteiger partial charge is 0.0839 e. The lowest BCUT2D eigenvalue weighted by Gasteiger charge is -2.23. The summed E-state index contributed by atoms with van der Waals surface area (Å²) in [5, 5.41) is 1.37. The van der Waals surface area contributed by atoms with E-state index >= 15 is 0 Å². The molecule has 2 heteroatoms. The minimum atomic E-state index is 0.791. The second-order valence-corrected chi connectivity index (χ2v) is 3.48. The third kappa shape index (κ3) is 2.67. The molecule has 1 fully saturated rings. The fourth-order valence-corrected chi connectivity index (χ4v) is 1.66. The van der Waals surface area contributed by atoms with E-state index in [4.69, 9.17) is 0 Å². The zero-order valence-electron chi connectivity index (χ0n) is 7.11. The predicted molar refractivity (Wildman–Crippen MR) is 42.8 cm³/mol. The van der Waals surface area contributed by atoms with E-state index in [1.54, 1.807) is 0 Å². The summed E-state index contributed by atoms with van der Waals surface area (Å²) in [6, 6.07) is 0.791. The van der Waals surface area contributed by atoms with Gasteiger partial charge in [-0.3, -0.25) is 5.01 Å². The van der Waals surface area contributed by atoms with Gasteiger partial charge in [0.25, 0.3) is 0 Å². The average Bonchev–Trinajstić information content (AvgIpc) is 1.88. The SMILES string of the molecule is C[NH+](C)NC1CCCCC1. The van der Waals surface area contributed by atoms with Gasteiger partial charge in [-0.25, -0.2) is 0 Å². The van der Waals surface area contributed by atoms with Crippen LogP contribution < -0.4 is 10.4 Å². The van der Waals surface area contributed by atoms with Crippen LogP contribution in [0.2, 0.25) is 0 Å². The summed E-state index contributed by atoms with van der Waals surface area (Å²) in [5.74, 6) is 0. The van der Waals surface area contributed by atoms with Gasteiger partial charge in [0.05, 0.1) is 20.1 Å². The molecule has 10 heavy (non-hydrogen) atoms. The Morgan fingerprint density at radius 2 is 1.70 bits per heavy atom. The Balaban J connectivity index is 2.13. The quantitative estimate of drug-likeness (QED) is 0.519. The van der Waals surface area contributed by atoms with Gasteiger partial charge in [-0.15, -0.1) is 0 Å². The van der Waals surface area contributed by atoms with Gasteiger partial charge in [-0.1, -0.05) is 19.3 Å². The molecule has 0 saturated heterocycles. The van der Waals surface area contributed by atoms with Gasteiger partial charge in [0.15, 0.2) is 0 Å². The minimum absolute atomic E-state index is 0.791. The van der Waals surface area contributed by atoms with Crippen molar-refractivity contribution in [3.8, 4) is 0 Å². The fourth-order valence-electron chi connectivity index (χ4n) is 1.66. The molecule has 0 bridgehead atoms. The summed E-state index contributed by atoms with van der Waals surface area (Å²) in [5.41, 5.74) is 3.50. The van der Waals surface area contributed by atoms with Crippen LogP contribution in [0.3, 0.4) is 0 Å². The molecule has 0 aromatic carbocycles. The zero-order valence-corrected chi connectivity index (χ0v) is 7.11. The molecule has 0 spiro atoms. The molecule has 1 saturated carbocycles. The Kier molecular flexibility index (Phi) is 3.16. The van der Waals surface area contributed by atoms with Crippen LogP contribution >= 0.6 is 0 Å². The van der Waals surface area contributed by atoms with Crippen LogP contribution in [-0.4, -0.2) is 20.1 Å². The lowest BCUT2D eigenvalue weighted by Crippen LogP contribution is -3.14. The molecule has 0 unspecified atom stereocenters. The van der Waals surface area contributed by atoms with Crippen molar-refractivity contribution in [1.82, 2.24) is 5.43 Å². The molecular weight excluding hydrogens is 124 g/mol. The minimum Gasteiger partial charge on any atom is -0.262 e. The first-order chi connectivity index (χ1) is 4.79. The summed E-state index contributed by atoms with van der Waals surface area (Å²) in [6.45, 7) is 0. The Morgan fingerprint density at radius 1 is 1.10 bits per heavy atom. The van der Waals surface area contributed by atoms with Crippen molar-refractivity contribution in [3.63, 3.8) is 0 Å². The van der Waals surface area contributed by atoms with E-state index in [9.17, 15) is 0 Å². The topological polar surface area (TPSA) is 16.5 Å². The van der Waals surface area contributed by atoms with Crippen LogP contribution in [0.4, 0.5) is 0 Å². The van der Waals surface area contributed by atoms with E-state index in [0.29, 0.717) is 0 Å². The van der Waals surface area contributed by atoms with Crippen molar-refractivity contribution in [1.29, 1.82) is 0 Å². The lowest BCUT2D eigenvalue weighted by atomic mass is 9.96. The van der Waals surface area contributed by atoms with Crippen LogP contribution in [-0.2, 0) is 0 Å². The van der Waals surface area contributed by atoms with E-state index in [1.165, 1.54) is 37.1 Å². The first kappa shape index (κ1) is 8.02. The summed E-state index contributed by atoms with van der Waals surface area (Å²) in [7, 11) is 4.29. The van der Waals surface area contributed by atoms with Gasteiger partial charge in [0.2, 0.25) is 0 Å². The zero-order chi connectivity index (χ0) is 7.40. The highest BCUT2D eigenvalue weighted by molar-refractivity contribution is 4.67. The largest absolute Gasteiger partial charge is 0.262 e. The maximum atomic E-state index is 3.50. The lowest BCUT2D eigenvalue weighted by molar-refractivity contribution is -0.909. The maximum Gasteiger partial charge on any atom is 0.0839 e. The van der Waals surface area contributed by atoms with Crippen molar-refractivity contribution in [2.24, 2.45) is 0 Å². The Bertz CT molecular complexity index is 85.3. The van der Waals surface area contributed by atoms with Gasteiger partial charge in [-0.05, 0) is 12.8 Å². The van der Waals surface area contributed by atoms with Gasteiger partial charge >= 0.3 is 0 Å². The molecule has 2 N–H and O–H groups in total. The summed E-state index contributed by atoms with van der Waals surface area (Å²) in [6.07, 6.45) is 7.05. The van der Waals surface area contributed by atoms with Gasteiger partial charge in [-0.2, -0.15) is 5.43 Å². The number of hydrogen-bond donors (Lipinski definition) is 2. The highest BCUT2D eigenvalue weighted by Crippen LogP contribution is 2.16. The van der Waals surface area contributed by atoms with Crippen molar-refractivity contribution >= 4 is 0 Å². The molecule has 0 aromatic rings. The van der Waals surface area contributed by atoms with Gasteiger partial charge in [0, 0.05) is 0 Å². The molecule has 1 aliphatic carbocycles. The van der Waals surface area contributed by atoms with E-state index in [2.05, 4.69) is 19.5 Å². The monoisotopic (exact) mass is 143 g/mol. The Labute approximate surface area is 63.6 Å². The third-order valence-corrected chi connectivity index (χ3v) is 2.10. The maximum absolute atomic E-state index is 3.50. The highest BCUT2D eigenvalue weighted by Gasteiger charge is 2.14. The van der Waals surface area contributed by atoms with Crippen molar-refractivity contribution < 1.29 is 5.01 Å². The van der Waals surface area contributed by atoms with Gasteiger partial charge < -0.3 is 0 Å². The molecule has 0 amide bonds. The van der Waals surface area contributed by atoms with E-state index < -0.39 is 0 Å². The Morgan fingerprint density at radius 3 is 2.20 bits per heavy atom. The van der Waals surface area contributed by atoms with Crippen LogP contribution in [0.5, 0.6) is 0 Å². The molecule has 0 radical (unpaired) electrons. The highest BCUT2D eigenvalue weighted by atomic mass is 15.5. The second kappa shape index (κ2) is 3.94. The summed E-state index contributed by atoms with van der Waals surface area (Å²) >= 11 is 0. The van der Waals surface area contributed by atoms with Crippen molar-refractivity contribution in [3.05, 3.63) is 0 Å². The molecule has 0 aliphatic heterocycles. The predicted octanol–water partition coefficient (Wildman–Crippen LogP) is -0.0318. The first-order valence-electron chi connectivity index (χ1n) is 4.36. The molecule has 0 heterocycles. The molecule has 0 atom stereocenters. The molecule has 0 aromatic heterocycles. The summed E-state index contributed by atoms with van der Waals surface area (Å²) in [4.78, 5) is 0. The molecular formula is C8H19N2+. The van der Waals surface area contributed by atoms with Crippen LogP contribution in [0.25, 0.3) is 0 Å². The number of quaternary nitrogens is 1. The van der Waals surface area contributed by atoms with Crippen molar-refractivity contribution in [2.75, 3.05) is 14.1 Å². The fraction of sp³-hybridized carbons (Fsp3) is 1.00.